The van der Waals surface area contributed by atoms with Crippen LogP contribution in [0.1, 0.15) is 39.2 Å². The fraction of sp³-hybridized carbons (Fsp3) is 0.417. The van der Waals surface area contributed by atoms with Gasteiger partial charge in [-0.2, -0.15) is 0 Å². The molecule has 0 aliphatic carbocycles. The molecule has 0 saturated carbocycles. The predicted molar refractivity (Wildman–Crippen MR) is 134 cm³/mol. The van der Waals surface area contributed by atoms with Gasteiger partial charge in [0.15, 0.2) is 5.82 Å². The van der Waals surface area contributed by atoms with E-state index in [1.54, 1.807) is 6.07 Å². The molecular weight excluding hydrogens is 463 g/mol. The monoisotopic (exact) mass is 490 g/mol. The van der Waals surface area contributed by atoms with Crippen molar-refractivity contribution in [1.82, 2.24) is 19.2 Å². The lowest BCUT2D eigenvalue weighted by molar-refractivity contribution is -0.0777. The molecule has 0 amide bonds. The Kier molecular flexibility index (Phi) is 7.08. The van der Waals surface area contributed by atoms with E-state index in [9.17, 15) is 0 Å². The van der Waals surface area contributed by atoms with Crippen molar-refractivity contribution >= 4 is 35.4 Å². The van der Waals surface area contributed by atoms with E-state index in [1.807, 2.05) is 27.4 Å². The zero-order chi connectivity index (χ0) is 23.0. The topological polar surface area (TPSA) is 35.2 Å². The Morgan fingerprint density at radius 2 is 1.78 bits per heavy atom. The van der Waals surface area contributed by atoms with Gasteiger partial charge in [-0.25, -0.2) is 4.68 Å². The van der Waals surface area contributed by atoms with Gasteiger partial charge in [0, 0.05) is 23.7 Å². The Morgan fingerprint density at radius 3 is 2.44 bits per heavy atom. The number of ether oxygens (including phenoxy) is 1. The number of nitrogens with zero attached hydrogens (tertiary/aromatic N) is 4. The van der Waals surface area contributed by atoms with Crippen LogP contribution in [-0.2, 0) is 11.4 Å². The smallest absolute Gasteiger partial charge is 0.204 e. The molecule has 32 heavy (non-hydrogen) atoms. The van der Waals surface area contributed by atoms with Gasteiger partial charge in [-0.15, -0.1) is 5.10 Å². The summed E-state index contributed by atoms with van der Waals surface area (Å²) in [5, 5.41) is 6.09. The molecule has 1 aliphatic heterocycles. The van der Waals surface area contributed by atoms with Crippen molar-refractivity contribution in [2.45, 2.75) is 52.5 Å². The van der Waals surface area contributed by atoms with Crippen LogP contribution < -0.4 is 0 Å². The number of aromatic nitrogens is 3. The zero-order valence-corrected chi connectivity index (χ0v) is 21.1. The normalized spacial score (nSPS) is 19.6. The lowest BCUT2D eigenvalue weighted by Crippen LogP contribution is -2.46. The van der Waals surface area contributed by atoms with Crippen LogP contribution in [0, 0.1) is 4.77 Å². The largest absolute Gasteiger partial charge is 0.373 e. The maximum Gasteiger partial charge on any atom is 0.204 e. The molecule has 1 aliphatic rings. The zero-order valence-electron chi connectivity index (χ0n) is 18.8. The fourth-order valence-corrected chi connectivity index (χ4v) is 5.11. The Balaban J connectivity index is 1.87. The first kappa shape index (κ1) is 23.5. The minimum absolute atomic E-state index is 0.168. The Morgan fingerprint density at radius 1 is 1.09 bits per heavy atom. The molecule has 2 unspecified atom stereocenters. The van der Waals surface area contributed by atoms with E-state index in [2.05, 4.69) is 50.8 Å². The van der Waals surface area contributed by atoms with Crippen LogP contribution in [0.4, 0.5) is 0 Å². The first-order chi connectivity index (χ1) is 15.2. The summed E-state index contributed by atoms with van der Waals surface area (Å²) in [7, 11) is 0. The maximum absolute atomic E-state index is 6.61. The van der Waals surface area contributed by atoms with Crippen LogP contribution in [0.15, 0.2) is 42.5 Å². The van der Waals surface area contributed by atoms with Crippen molar-refractivity contribution in [2.75, 3.05) is 13.1 Å². The summed E-state index contributed by atoms with van der Waals surface area (Å²) in [6.45, 7) is 10.8. The van der Waals surface area contributed by atoms with E-state index in [4.69, 9.17) is 45.3 Å². The highest BCUT2D eigenvalue weighted by Gasteiger charge is 2.25. The van der Waals surface area contributed by atoms with E-state index in [1.165, 1.54) is 5.56 Å². The summed E-state index contributed by atoms with van der Waals surface area (Å²) in [6, 6.07) is 13.8. The van der Waals surface area contributed by atoms with E-state index in [0.717, 1.165) is 24.3 Å². The fourth-order valence-electron chi connectivity index (χ4n) is 4.33. The summed E-state index contributed by atoms with van der Waals surface area (Å²) < 4.78 is 10.4. The second-order valence-electron chi connectivity index (χ2n) is 8.71. The third-order valence-electron chi connectivity index (χ3n) is 5.64. The van der Waals surface area contributed by atoms with E-state index < -0.39 is 0 Å². The molecule has 4 rings (SSSR count). The number of hydrogen-bond acceptors (Lipinski definition) is 4. The molecule has 2 aromatic carbocycles. The van der Waals surface area contributed by atoms with Crippen molar-refractivity contribution in [3.63, 3.8) is 0 Å². The minimum Gasteiger partial charge on any atom is -0.373 e. The van der Waals surface area contributed by atoms with Crippen LogP contribution in [0.25, 0.3) is 17.1 Å². The second kappa shape index (κ2) is 9.65. The standard InChI is InChI=1S/C24H28Cl2N4OS/c1-15(2)19-7-5-6-8-22(19)30-23(20-10-9-18(25)11-21(20)26)27-29(24(30)32)14-28-12-16(3)31-17(4)13-28/h5-11,15-17H,12-14H2,1-4H3. The lowest BCUT2D eigenvalue weighted by Gasteiger charge is -2.34. The van der Waals surface area contributed by atoms with E-state index >= 15 is 0 Å². The third kappa shape index (κ3) is 4.80. The van der Waals surface area contributed by atoms with Gasteiger partial charge in [-0.05, 0) is 61.8 Å². The number of morpholine rings is 1. The van der Waals surface area contributed by atoms with Crippen LogP contribution in [0.3, 0.4) is 0 Å². The molecule has 0 spiro atoms. The number of para-hydroxylation sites is 1. The van der Waals surface area contributed by atoms with Crippen molar-refractivity contribution < 1.29 is 4.74 Å². The minimum atomic E-state index is 0.168. The van der Waals surface area contributed by atoms with Crippen LogP contribution in [-0.4, -0.2) is 44.5 Å². The van der Waals surface area contributed by atoms with E-state index in [0.29, 0.717) is 33.2 Å². The second-order valence-corrected chi connectivity index (χ2v) is 9.92. The molecule has 0 radical (unpaired) electrons. The van der Waals surface area contributed by atoms with E-state index in [-0.39, 0.29) is 12.2 Å². The lowest BCUT2D eigenvalue weighted by atomic mass is 10.0. The quantitative estimate of drug-likeness (QED) is 0.379. The number of rotatable bonds is 5. The Bertz CT molecular complexity index is 1160. The number of halogens is 2. The van der Waals surface area contributed by atoms with Gasteiger partial charge in [0.2, 0.25) is 4.77 Å². The number of benzene rings is 2. The highest BCUT2D eigenvalue weighted by molar-refractivity contribution is 7.71. The van der Waals surface area contributed by atoms with Gasteiger partial charge < -0.3 is 4.74 Å². The van der Waals surface area contributed by atoms with Crippen LogP contribution >= 0.6 is 35.4 Å². The summed E-state index contributed by atoms with van der Waals surface area (Å²) >= 11 is 18.7. The molecular formula is C24H28Cl2N4OS. The summed E-state index contributed by atoms with van der Waals surface area (Å²) in [5.74, 6) is 1.03. The van der Waals surface area contributed by atoms with Gasteiger partial charge in [0.05, 0.1) is 29.6 Å². The molecule has 5 nitrogen and oxygen atoms in total. The predicted octanol–water partition coefficient (Wildman–Crippen LogP) is 6.57. The number of hydrogen-bond donors (Lipinski definition) is 0. The van der Waals surface area contributed by atoms with Gasteiger partial charge in [-0.1, -0.05) is 55.2 Å². The van der Waals surface area contributed by atoms with Crippen molar-refractivity contribution in [3.05, 3.63) is 62.8 Å². The molecule has 170 valence electrons. The molecule has 8 heteroatoms. The molecule has 0 bridgehead atoms. The highest BCUT2D eigenvalue weighted by Crippen LogP contribution is 2.33. The average molecular weight is 491 g/mol. The molecule has 3 aromatic rings. The first-order valence-electron chi connectivity index (χ1n) is 10.9. The highest BCUT2D eigenvalue weighted by atomic mass is 35.5. The molecule has 2 atom stereocenters. The van der Waals surface area contributed by atoms with Crippen LogP contribution in [0.5, 0.6) is 0 Å². The van der Waals surface area contributed by atoms with Crippen LogP contribution in [0.2, 0.25) is 10.0 Å². The van der Waals surface area contributed by atoms with Gasteiger partial charge in [-0.3, -0.25) is 9.47 Å². The molecule has 0 N–H and O–H groups in total. The molecule has 1 saturated heterocycles. The third-order valence-corrected chi connectivity index (χ3v) is 6.58. The van der Waals surface area contributed by atoms with Gasteiger partial charge >= 0.3 is 0 Å². The Hall–Kier alpha value is -1.70. The van der Waals surface area contributed by atoms with Gasteiger partial charge in [0.1, 0.15) is 0 Å². The van der Waals surface area contributed by atoms with Crippen molar-refractivity contribution in [2.24, 2.45) is 0 Å². The van der Waals surface area contributed by atoms with Crippen molar-refractivity contribution in [1.29, 1.82) is 0 Å². The SMILES string of the molecule is CC1CN(Cn2nc(-c3ccc(Cl)cc3Cl)n(-c3ccccc3C(C)C)c2=S)CC(C)O1. The molecule has 2 heterocycles. The molecule has 1 aromatic heterocycles. The van der Waals surface area contributed by atoms with Crippen molar-refractivity contribution in [3.8, 4) is 17.1 Å². The first-order valence-corrected chi connectivity index (χ1v) is 12.0. The Labute approximate surface area is 204 Å². The van der Waals surface area contributed by atoms with Gasteiger partial charge in [0.25, 0.3) is 0 Å². The average Bonchev–Trinajstić information content (AvgIpc) is 3.02. The summed E-state index contributed by atoms with van der Waals surface area (Å²) in [4.78, 5) is 2.33. The summed E-state index contributed by atoms with van der Waals surface area (Å²) in [5.41, 5.74) is 3.01. The summed E-state index contributed by atoms with van der Waals surface area (Å²) in [6.07, 6.45) is 0.337. The molecule has 1 fully saturated rings. The maximum atomic E-state index is 6.61.